The summed E-state index contributed by atoms with van der Waals surface area (Å²) in [5, 5.41) is 8.11. The molecule has 2 heterocycles. The Morgan fingerprint density at radius 3 is 2.45 bits per heavy atom. The number of fused-ring (bicyclic) bond motifs is 1. The predicted molar refractivity (Wildman–Crippen MR) is 114 cm³/mol. The fraction of sp³-hybridized carbons (Fsp3) is 0.304. The molecule has 0 bridgehead atoms. The van der Waals surface area contributed by atoms with E-state index in [2.05, 4.69) is 48.3 Å². The molecule has 0 aliphatic carbocycles. The van der Waals surface area contributed by atoms with E-state index in [9.17, 15) is 4.79 Å². The number of nitrogens with one attached hydrogen (secondary N) is 1. The van der Waals surface area contributed by atoms with Crippen molar-refractivity contribution in [1.82, 2.24) is 15.1 Å². The summed E-state index contributed by atoms with van der Waals surface area (Å²) >= 11 is 6.05. The molecule has 3 aromatic rings. The van der Waals surface area contributed by atoms with Crippen LogP contribution in [0.4, 0.5) is 0 Å². The van der Waals surface area contributed by atoms with Crippen molar-refractivity contribution >= 4 is 17.5 Å². The summed E-state index contributed by atoms with van der Waals surface area (Å²) in [7, 11) is 1.65. The first-order valence-electron chi connectivity index (χ1n) is 9.75. The maximum atomic E-state index is 13.1. The van der Waals surface area contributed by atoms with Gasteiger partial charge in [0.1, 0.15) is 5.69 Å². The maximum absolute atomic E-state index is 13.1. The molecule has 1 unspecified atom stereocenters. The lowest BCUT2D eigenvalue weighted by Gasteiger charge is -2.26. The number of amides is 1. The maximum Gasteiger partial charge on any atom is 0.273 e. The second-order valence-electron chi connectivity index (χ2n) is 7.58. The first kappa shape index (κ1) is 19.7. The van der Waals surface area contributed by atoms with E-state index >= 15 is 0 Å². The number of carbonyl (C=O) groups is 1. The second kappa shape index (κ2) is 8.01. The van der Waals surface area contributed by atoms with Crippen LogP contribution < -0.4 is 0 Å². The van der Waals surface area contributed by atoms with Crippen LogP contribution >= 0.6 is 11.6 Å². The van der Waals surface area contributed by atoms with Crippen molar-refractivity contribution in [2.45, 2.75) is 25.8 Å². The minimum absolute atomic E-state index is 0.0531. The van der Waals surface area contributed by atoms with E-state index in [0.29, 0.717) is 29.8 Å². The zero-order valence-electron chi connectivity index (χ0n) is 16.8. The Balaban J connectivity index is 1.82. The summed E-state index contributed by atoms with van der Waals surface area (Å²) in [6.45, 7) is 5.33. The van der Waals surface area contributed by atoms with Gasteiger partial charge in [0.15, 0.2) is 0 Å². The lowest BCUT2D eigenvalue weighted by Crippen LogP contribution is -2.32. The Labute approximate surface area is 175 Å². The van der Waals surface area contributed by atoms with Crippen molar-refractivity contribution in [2.75, 3.05) is 20.3 Å². The van der Waals surface area contributed by atoms with Crippen LogP contribution in [0.1, 0.15) is 53.0 Å². The average molecular weight is 410 g/mol. The third kappa shape index (κ3) is 3.56. The van der Waals surface area contributed by atoms with Gasteiger partial charge in [0.2, 0.25) is 0 Å². The molecule has 4 rings (SSSR count). The van der Waals surface area contributed by atoms with Gasteiger partial charge in [-0.15, -0.1) is 0 Å². The quantitative estimate of drug-likeness (QED) is 0.620. The highest BCUT2D eigenvalue weighted by Gasteiger charge is 2.41. The molecule has 0 radical (unpaired) electrons. The lowest BCUT2D eigenvalue weighted by molar-refractivity contribution is 0.0677. The summed E-state index contributed by atoms with van der Waals surface area (Å²) in [6.07, 6.45) is 0. The molecule has 1 N–H and O–H groups in total. The summed E-state index contributed by atoms with van der Waals surface area (Å²) in [6, 6.07) is 15.8. The van der Waals surface area contributed by atoms with Crippen LogP contribution in [-0.2, 0) is 4.74 Å². The average Bonchev–Trinajstić information content (AvgIpc) is 3.26. The van der Waals surface area contributed by atoms with E-state index in [1.165, 1.54) is 5.56 Å². The van der Waals surface area contributed by atoms with Crippen LogP contribution in [0, 0.1) is 0 Å². The highest BCUT2D eigenvalue weighted by atomic mass is 35.5. The van der Waals surface area contributed by atoms with Crippen LogP contribution in [0.5, 0.6) is 0 Å². The largest absolute Gasteiger partial charge is 0.383 e. The zero-order chi connectivity index (χ0) is 20.5. The van der Waals surface area contributed by atoms with Gasteiger partial charge in [-0.25, -0.2) is 0 Å². The number of ether oxygens (including phenoxy) is 1. The Hall–Kier alpha value is -2.63. The number of aromatic nitrogens is 2. The lowest BCUT2D eigenvalue weighted by atomic mass is 9.94. The number of H-pyrrole nitrogens is 1. The van der Waals surface area contributed by atoms with Gasteiger partial charge in [-0.1, -0.05) is 61.8 Å². The van der Waals surface area contributed by atoms with Crippen molar-refractivity contribution < 1.29 is 9.53 Å². The third-order valence-electron chi connectivity index (χ3n) is 5.44. The van der Waals surface area contributed by atoms with Crippen LogP contribution in [0.25, 0.3) is 11.3 Å². The molecule has 1 aromatic heterocycles. The molecule has 29 heavy (non-hydrogen) atoms. The van der Waals surface area contributed by atoms with Crippen LogP contribution in [0.15, 0.2) is 48.5 Å². The predicted octanol–water partition coefficient (Wildman–Crippen LogP) is 5.05. The molecule has 6 heteroatoms. The molecule has 0 fully saturated rings. The zero-order valence-corrected chi connectivity index (χ0v) is 17.5. The van der Waals surface area contributed by atoms with Gasteiger partial charge in [-0.2, -0.15) is 5.10 Å². The molecule has 2 aromatic carbocycles. The summed E-state index contributed by atoms with van der Waals surface area (Å²) in [5.74, 6) is 0.399. The Bertz CT molecular complexity index is 1010. The number of aromatic amines is 1. The van der Waals surface area contributed by atoms with Gasteiger partial charge in [0.05, 0.1) is 18.3 Å². The van der Waals surface area contributed by atoms with E-state index < -0.39 is 0 Å². The molecule has 1 atom stereocenters. The molecule has 1 aliphatic heterocycles. The Morgan fingerprint density at radius 1 is 1.14 bits per heavy atom. The number of hydrogen-bond donors (Lipinski definition) is 1. The van der Waals surface area contributed by atoms with Gasteiger partial charge in [0.25, 0.3) is 5.91 Å². The number of methoxy groups -OCH3 is 1. The van der Waals surface area contributed by atoms with Crippen LogP contribution in [0.3, 0.4) is 0 Å². The van der Waals surface area contributed by atoms with Gasteiger partial charge in [0, 0.05) is 29.8 Å². The van der Waals surface area contributed by atoms with Gasteiger partial charge in [-0.3, -0.25) is 9.89 Å². The first-order chi connectivity index (χ1) is 14.0. The van der Waals surface area contributed by atoms with Gasteiger partial charge >= 0.3 is 0 Å². The van der Waals surface area contributed by atoms with E-state index in [1.54, 1.807) is 7.11 Å². The fourth-order valence-corrected chi connectivity index (χ4v) is 3.98. The SMILES string of the molecule is COCCN1C(=O)c2[nH]nc(-c3ccc(Cl)cc3)c2C1c1ccc(C(C)C)cc1. The second-order valence-corrected chi connectivity index (χ2v) is 8.02. The number of carbonyl (C=O) groups excluding carboxylic acids is 1. The Morgan fingerprint density at radius 2 is 1.83 bits per heavy atom. The molecular weight excluding hydrogens is 386 g/mol. The number of rotatable bonds is 6. The third-order valence-corrected chi connectivity index (χ3v) is 5.69. The number of nitrogens with zero attached hydrogens (tertiary/aromatic N) is 2. The van der Waals surface area contributed by atoms with E-state index in [4.69, 9.17) is 16.3 Å². The van der Waals surface area contributed by atoms with Gasteiger partial charge < -0.3 is 9.64 Å². The molecule has 0 spiro atoms. The monoisotopic (exact) mass is 409 g/mol. The number of benzene rings is 2. The highest BCUT2D eigenvalue weighted by molar-refractivity contribution is 6.30. The first-order valence-corrected chi connectivity index (χ1v) is 10.1. The van der Waals surface area contributed by atoms with Gasteiger partial charge in [-0.05, 0) is 29.2 Å². The number of halogens is 1. The van der Waals surface area contributed by atoms with Crippen molar-refractivity contribution in [3.63, 3.8) is 0 Å². The molecule has 0 saturated carbocycles. The fourth-order valence-electron chi connectivity index (χ4n) is 3.85. The number of hydrogen-bond acceptors (Lipinski definition) is 3. The smallest absolute Gasteiger partial charge is 0.273 e. The molecule has 150 valence electrons. The highest BCUT2D eigenvalue weighted by Crippen LogP contribution is 2.42. The molecule has 1 amide bonds. The molecule has 1 aliphatic rings. The van der Waals surface area contributed by atoms with Crippen LogP contribution in [0.2, 0.25) is 5.02 Å². The van der Waals surface area contributed by atoms with Crippen molar-refractivity contribution in [3.05, 3.63) is 75.9 Å². The minimum atomic E-state index is -0.210. The van der Waals surface area contributed by atoms with E-state index in [0.717, 1.165) is 22.4 Å². The topological polar surface area (TPSA) is 58.2 Å². The molecule has 5 nitrogen and oxygen atoms in total. The van der Waals surface area contributed by atoms with E-state index in [-0.39, 0.29) is 11.9 Å². The molecular formula is C23H24ClN3O2. The summed E-state index contributed by atoms with van der Waals surface area (Å²) < 4.78 is 5.26. The summed E-state index contributed by atoms with van der Waals surface area (Å²) in [4.78, 5) is 15.0. The van der Waals surface area contributed by atoms with Crippen molar-refractivity contribution in [3.8, 4) is 11.3 Å². The minimum Gasteiger partial charge on any atom is -0.383 e. The van der Waals surface area contributed by atoms with Crippen LogP contribution in [-0.4, -0.2) is 41.3 Å². The van der Waals surface area contributed by atoms with Crippen molar-refractivity contribution in [1.29, 1.82) is 0 Å². The standard InChI is InChI=1S/C23H24ClN3O2/c1-14(2)15-4-6-17(7-5-15)22-19-20(16-8-10-18(24)11-9-16)25-26-21(19)23(28)27(22)12-13-29-3/h4-11,14,22H,12-13H2,1-3H3,(H,25,26). The van der Waals surface area contributed by atoms with Crippen molar-refractivity contribution in [2.24, 2.45) is 0 Å². The molecule has 0 saturated heterocycles. The summed E-state index contributed by atoms with van der Waals surface area (Å²) in [5.41, 5.74) is 5.50. The normalized spacial score (nSPS) is 16.0. The van der Waals surface area contributed by atoms with E-state index in [1.807, 2.05) is 29.2 Å². The Kier molecular flexibility index (Phi) is 5.43.